The molecule has 2 aliphatic rings. The molecule has 4 nitrogen and oxygen atoms in total. The van der Waals surface area contributed by atoms with Crippen LogP contribution in [0.2, 0.25) is 0 Å². The van der Waals surface area contributed by atoms with E-state index in [0.29, 0.717) is 6.04 Å². The van der Waals surface area contributed by atoms with Crippen LogP contribution in [0.4, 0.5) is 5.69 Å². The standard InChI is InChI=1S/C18H23N3O/c1-14-11-19-18(22-14)13-20-9-4-6-16(20)12-21-10-8-15-5-2-3-7-17(15)21/h2-3,5,7,11,16H,4,6,8-10,12-13H2,1H3/t16-/m0/s1. The molecule has 0 aliphatic carbocycles. The highest BCUT2D eigenvalue weighted by Gasteiger charge is 2.29. The van der Waals surface area contributed by atoms with Crippen LogP contribution in [0.3, 0.4) is 0 Å². The Morgan fingerprint density at radius 3 is 3.05 bits per heavy atom. The van der Waals surface area contributed by atoms with Crippen LogP contribution in [0.1, 0.15) is 30.1 Å². The van der Waals surface area contributed by atoms with Crippen LogP contribution < -0.4 is 4.90 Å². The Labute approximate surface area is 131 Å². The molecule has 0 spiro atoms. The van der Waals surface area contributed by atoms with Crippen LogP contribution in [0, 0.1) is 6.92 Å². The van der Waals surface area contributed by atoms with Gasteiger partial charge in [0.05, 0.1) is 12.7 Å². The highest BCUT2D eigenvalue weighted by atomic mass is 16.4. The topological polar surface area (TPSA) is 32.5 Å². The van der Waals surface area contributed by atoms with Gasteiger partial charge in [-0.3, -0.25) is 4.90 Å². The maximum atomic E-state index is 5.65. The molecule has 3 heterocycles. The highest BCUT2D eigenvalue weighted by molar-refractivity contribution is 5.57. The second-order valence-electron chi connectivity index (χ2n) is 6.46. The zero-order chi connectivity index (χ0) is 14.9. The molecule has 2 aromatic rings. The summed E-state index contributed by atoms with van der Waals surface area (Å²) in [6, 6.07) is 9.43. The average molecular weight is 297 g/mol. The number of fused-ring (bicyclic) bond motifs is 1. The van der Waals surface area contributed by atoms with Crippen molar-refractivity contribution in [1.82, 2.24) is 9.88 Å². The molecule has 4 heteroatoms. The van der Waals surface area contributed by atoms with Gasteiger partial charge < -0.3 is 9.32 Å². The average Bonchev–Trinajstić information content (AvgIpc) is 3.23. The van der Waals surface area contributed by atoms with E-state index in [9.17, 15) is 0 Å². The summed E-state index contributed by atoms with van der Waals surface area (Å²) < 4.78 is 5.65. The lowest BCUT2D eigenvalue weighted by Crippen LogP contribution is -2.39. The molecule has 0 amide bonds. The zero-order valence-electron chi connectivity index (χ0n) is 13.2. The molecule has 0 bridgehead atoms. The maximum Gasteiger partial charge on any atom is 0.208 e. The number of likely N-dealkylation sites (tertiary alicyclic amines) is 1. The smallest absolute Gasteiger partial charge is 0.208 e. The lowest BCUT2D eigenvalue weighted by molar-refractivity contribution is 0.222. The van der Waals surface area contributed by atoms with Crippen molar-refractivity contribution < 1.29 is 4.42 Å². The van der Waals surface area contributed by atoms with Gasteiger partial charge in [-0.15, -0.1) is 0 Å². The van der Waals surface area contributed by atoms with Crippen LogP contribution in [0.15, 0.2) is 34.9 Å². The van der Waals surface area contributed by atoms with E-state index >= 15 is 0 Å². The first-order valence-electron chi connectivity index (χ1n) is 8.28. The molecule has 1 aromatic heterocycles. The van der Waals surface area contributed by atoms with Crippen molar-refractivity contribution in [1.29, 1.82) is 0 Å². The molecule has 0 unspecified atom stereocenters. The molecule has 1 fully saturated rings. The Bertz CT molecular complexity index is 651. The van der Waals surface area contributed by atoms with Gasteiger partial charge >= 0.3 is 0 Å². The van der Waals surface area contributed by atoms with E-state index in [4.69, 9.17) is 4.42 Å². The first-order valence-corrected chi connectivity index (χ1v) is 8.28. The molecule has 1 saturated heterocycles. The van der Waals surface area contributed by atoms with E-state index in [1.807, 2.05) is 13.1 Å². The van der Waals surface area contributed by atoms with Gasteiger partial charge in [0.1, 0.15) is 5.76 Å². The summed E-state index contributed by atoms with van der Waals surface area (Å²) in [7, 11) is 0. The molecule has 4 rings (SSSR count). The zero-order valence-corrected chi connectivity index (χ0v) is 13.2. The van der Waals surface area contributed by atoms with Crippen LogP contribution in [0.5, 0.6) is 0 Å². The number of rotatable bonds is 4. The second kappa shape index (κ2) is 5.76. The summed E-state index contributed by atoms with van der Waals surface area (Å²) in [6.45, 7) is 6.23. The van der Waals surface area contributed by atoms with Crippen molar-refractivity contribution in [2.45, 2.75) is 38.8 Å². The fraction of sp³-hybridized carbons (Fsp3) is 0.500. The van der Waals surface area contributed by atoms with Crippen molar-refractivity contribution in [2.75, 3.05) is 24.5 Å². The van der Waals surface area contributed by atoms with Crippen LogP contribution >= 0.6 is 0 Å². The predicted molar refractivity (Wildman–Crippen MR) is 87.0 cm³/mol. The Hall–Kier alpha value is -1.81. The minimum absolute atomic E-state index is 0.610. The van der Waals surface area contributed by atoms with Gasteiger partial charge in [0.2, 0.25) is 5.89 Å². The van der Waals surface area contributed by atoms with Crippen LogP contribution in [0.25, 0.3) is 0 Å². The maximum absolute atomic E-state index is 5.65. The Morgan fingerprint density at radius 1 is 1.27 bits per heavy atom. The number of benzene rings is 1. The first kappa shape index (κ1) is 13.8. The number of anilines is 1. The van der Waals surface area contributed by atoms with E-state index in [-0.39, 0.29) is 0 Å². The lowest BCUT2D eigenvalue weighted by Gasteiger charge is -2.29. The Kier molecular flexibility index (Phi) is 3.62. The number of aryl methyl sites for hydroxylation is 1. The molecule has 0 radical (unpaired) electrons. The van der Waals surface area contributed by atoms with Gasteiger partial charge in [-0.1, -0.05) is 18.2 Å². The SMILES string of the molecule is Cc1cnc(CN2CCC[C@H]2CN2CCc3ccccc32)o1. The summed E-state index contributed by atoms with van der Waals surface area (Å²) in [5.41, 5.74) is 2.93. The van der Waals surface area contributed by atoms with Crippen molar-refractivity contribution in [2.24, 2.45) is 0 Å². The van der Waals surface area contributed by atoms with E-state index < -0.39 is 0 Å². The summed E-state index contributed by atoms with van der Waals surface area (Å²) in [5.74, 6) is 1.76. The molecule has 116 valence electrons. The van der Waals surface area contributed by atoms with Gasteiger partial charge in [-0.2, -0.15) is 0 Å². The largest absolute Gasteiger partial charge is 0.445 e. The number of hydrogen-bond acceptors (Lipinski definition) is 4. The molecule has 1 atom stereocenters. The Morgan fingerprint density at radius 2 is 2.18 bits per heavy atom. The molecular weight excluding hydrogens is 274 g/mol. The van der Waals surface area contributed by atoms with Crippen molar-refractivity contribution in [3.05, 3.63) is 47.7 Å². The van der Waals surface area contributed by atoms with Crippen molar-refractivity contribution >= 4 is 5.69 Å². The summed E-state index contributed by atoms with van der Waals surface area (Å²) in [6.07, 6.45) is 5.55. The molecule has 1 aromatic carbocycles. The number of nitrogens with zero attached hydrogens (tertiary/aromatic N) is 3. The van der Waals surface area contributed by atoms with E-state index in [1.54, 1.807) is 0 Å². The fourth-order valence-electron chi connectivity index (χ4n) is 3.81. The van der Waals surface area contributed by atoms with E-state index in [1.165, 1.54) is 30.5 Å². The van der Waals surface area contributed by atoms with Crippen molar-refractivity contribution in [3.8, 4) is 0 Å². The van der Waals surface area contributed by atoms with Gasteiger partial charge in [-0.05, 0) is 44.4 Å². The van der Waals surface area contributed by atoms with Gasteiger partial charge in [0.15, 0.2) is 0 Å². The number of hydrogen-bond donors (Lipinski definition) is 0. The van der Waals surface area contributed by atoms with Gasteiger partial charge in [0, 0.05) is 24.8 Å². The highest BCUT2D eigenvalue weighted by Crippen LogP contribution is 2.30. The molecule has 22 heavy (non-hydrogen) atoms. The quantitative estimate of drug-likeness (QED) is 0.868. The summed E-state index contributed by atoms with van der Waals surface area (Å²) >= 11 is 0. The molecule has 2 aliphatic heterocycles. The van der Waals surface area contributed by atoms with E-state index in [0.717, 1.165) is 37.8 Å². The number of oxazole rings is 1. The minimum atomic E-state index is 0.610. The summed E-state index contributed by atoms with van der Waals surface area (Å²) in [4.78, 5) is 9.45. The van der Waals surface area contributed by atoms with Gasteiger partial charge in [0.25, 0.3) is 0 Å². The van der Waals surface area contributed by atoms with Crippen molar-refractivity contribution in [3.63, 3.8) is 0 Å². The number of aromatic nitrogens is 1. The monoisotopic (exact) mass is 297 g/mol. The molecule has 0 saturated carbocycles. The third kappa shape index (κ3) is 2.63. The number of para-hydroxylation sites is 1. The van der Waals surface area contributed by atoms with E-state index in [2.05, 4.69) is 39.0 Å². The lowest BCUT2D eigenvalue weighted by atomic mass is 10.1. The third-order valence-electron chi connectivity index (χ3n) is 4.92. The summed E-state index contributed by atoms with van der Waals surface area (Å²) in [5, 5.41) is 0. The third-order valence-corrected chi connectivity index (χ3v) is 4.92. The minimum Gasteiger partial charge on any atom is -0.445 e. The molecule has 0 N–H and O–H groups in total. The first-order chi connectivity index (χ1) is 10.8. The fourth-order valence-corrected chi connectivity index (χ4v) is 3.81. The van der Waals surface area contributed by atoms with Crippen LogP contribution in [-0.4, -0.2) is 35.6 Å². The van der Waals surface area contributed by atoms with Gasteiger partial charge in [-0.25, -0.2) is 4.98 Å². The Balaban J connectivity index is 1.44. The van der Waals surface area contributed by atoms with Crippen LogP contribution in [-0.2, 0) is 13.0 Å². The normalized spacial score (nSPS) is 21.5. The molecular formula is C18H23N3O. The predicted octanol–water partition coefficient (Wildman–Crippen LogP) is 3.01. The second-order valence-corrected chi connectivity index (χ2v) is 6.46.